The minimum atomic E-state index is 0.572. The fourth-order valence-corrected chi connectivity index (χ4v) is 3.29. The van der Waals surface area contributed by atoms with E-state index < -0.39 is 0 Å². The van der Waals surface area contributed by atoms with E-state index in [2.05, 4.69) is 47.2 Å². The number of fused-ring (bicyclic) bond motifs is 1. The molecular weight excluding hydrogens is 314 g/mol. The van der Waals surface area contributed by atoms with Crippen molar-refractivity contribution >= 4 is 15.9 Å². The molecule has 1 N–H and O–H groups in total. The van der Waals surface area contributed by atoms with Crippen molar-refractivity contribution in [2.45, 2.75) is 65.0 Å². The number of nitrogens with one attached hydrogen (secondary N) is 1. The standard InChI is InChI=1S/C17H26BrNO/c1-3-4-5-6-7-13(2)19-12-15-11-16(18)10-14-8-9-20-17(14)15/h10-11,13,19H,3-9,12H2,1-2H3. The summed E-state index contributed by atoms with van der Waals surface area (Å²) in [5.74, 6) is 1.11. The van der Waals surface area contributed by atoms with E-state index in [-0.39, 0.29) is 0 Å². The van der Waals surface area contributed by atoms with Gasteiger partial charge in [-0.05, 0) is 31.0 Å². The van der Waals surface area contributed by atoms with Crippen molar-refractivity contribution in [3.63, 3.8) is 0 Å². The summed E-state index contributed by atoms with van der Waals surface area (Å²) in [5, 5.41) is 3.63. The molecule has 0 radical (unpaired) electrons. The van der Waals surface area contributed by atoms with Crippen LogP contribution in [0.1, 0.15) is 57.1 Å². The van der Waals surface area contributed by atoms with Gasteiger partial charge in [-0.15, -0.1) is 0 Å². The van der Waals surface area contributed by atoms with Gasteiger partial charge in [-0.3, -0.25) is 0 Å². The molecule has 0 fully saturated rings. The van der Waals surface area contributed by atoms with E-state index in [0.29, 0.717) is 6.04 Å². The minimum absolute atomic E-state index is 0.572. The topological polar surface area (TPSA) is 21.3 Å². The third kappa shape index (κ3) is 4.49. The Bertz CT molecular complexity index is 433. The lowest BCUT2D eigenvalue weighted by Crippen LogP contribution is -2.25. The zero-order valence-corrected chi connectivity index (χ0v) is 14.3. The number of halogens is 1. The van der Waals surface area contributed by atoms with Gasteiger partial charge in [0.25, 0.3) is 0 Å². The molecule has 3 heteroatoms. The number of rotatable bonds is 8. The fourth-order valence-electron chi connectivity index (χ4n) is 2.74. The average molecular weight is 340 g/mol. The molecule has 20 heavy (non-hydrogen) atoms. The Labute approximate surface area is 131 Å². The van der Waals surface area contributed by atoms with E-state index in [9.17, 15) is 0 Å². The van der Waals surface area contributed by atoms with Crippen molar-refractivity contribution in [2.24, 2.45) is 0 Å². The molecule has 2 rings (SSSR count). The van der Waals surface area contributed by atoms with Gasteiger partial charge >= 0.3 is 0 Å². The lowest BCUT2D eigenvalue weighted by molar-refractivity contribution is 0.351. The second-order valence-corrected chi connectivity index (χ2v) is 6.70. The Morgan fingerprint density at radius 2 is 2.15 bits per heavy atom. The van der Waals surface area contributed by atoms with Crippen LogP contribution in [0.2, 0.25) is 0 Å². The fraction of sp³-hybridized carbons (Fsp3) is 0.647. The quantitative estimate of drug-likeness (QED) is 0.684. The highest BCUT2D eigenvalue weighted by Gasteiger charge is 2.17. The molecule has 1 aromatic carbocycles. The zero-order chi connectivity index (χ0) is 14.4. The summed E-state index contributed by atoms with van der Waals surface area (Å²) in [6.07, 6.45) is 7.65. The maximum atomic E-state index is 5.77. The predicted octanol–water partition coefficient (Wildman–Crippen LogP) is 4.83. The first-order valence-corrected chi connectivity index (χ1v) is 8.67. The van der Waals surface area contributed by atoms with Crippen molar-refractivity contribution in [2.75, 3.05) is 6.61 Å². The van der Waals surface area contributed by atoms with Crippen molar-refractivity contribution < 1.29 is 4.74 Å². The van der Waals surface area contributed by atoms with Gasteiger partial charge in [0.05, 0.1) is 6.61 Å². The summed E-state index contributed by atoms with van der Waals surface area (Å²) in [5.41, 5.74) is 2.62. The molecule has 0 bridgehead atoms. The van der Waals surface area contributed by atoms with E-state index in [4.69, 9.17) is 4.74 Å². The number of hydrogen-bond acceptors (Lipinski definition) is 2. The number of hydrogen-bond donors (Lipinski definition) is 1. The molecule has 1 heterocycles. The largest absolute Gasteiger partial charge is 0.493 e. The molecule has 1 aliphatic rings. The maximum Gasteiger partial charge on any atom is 0.127 e. The molecule has 0 saturated heterocycles. The second kappa shape index (κ2) is 8.04. The van der Waals surface area contributed by atoms with E-state index in [1.54, 1.807) is 0 Å². The molecule has 0 saturated carbocycles. The van der Waals surface area contributed by atoms with E-state index in [0.717, 1.165) is 29.8 Å². The van der Waals surface area contributed by atoms with Crippen molar-refractivity contribution in [1.29, 1.82) is 0 Å². The highest BCUT2D eigenvalue weighted by Crippen LogP contribution is 2.32. The van der Waals surface area contributed by atoms with Crippen LogP contribution in [0.15, 0.2) is 16.6 Å². The Morgan fingerprint density at radius 1 is 1.30 bits per heavy atom. The van der Waals surface area contributed by atoms with Crippen LogP contribution in [-0.2, 0) is 13.0 Å². The van der Waals surface area contributed by atoms with Gasteiger partial charge in [0.2, 0.25) is 0 Å². The van der Waals surface area contributed by atoms with Gasteiger partial charge in [0, 0.05) is 29.0 Å². The molecular formula is C17H26BrNO. The number of unbranched alkanes of at least 4 members (excludes halogenated alkanes) is 3. The molecule has 0 amide bonds. The highest BCUT2D eigenvalue weighted by molar-refractivity contribution is 9.10. The van der Waals surface area contributed by atoms with Gasteiger partial charge in [-0.1, -0.05) is 48.5 Å². The summed E-state index contributed by atoms with van der Waals surface area (Å²) in [4.78, 5) is 0. The molecule has 2 nitrogen and oxygen atoms in total. The summed E-state index contributed by atoms with van der Waals surface area (Å²) in [6.45, 7) is 6.27. The SMILES string of the molecule is CCCCCCC(C)NCc1cc(Br)cc2c1OCC2. The lowest BCUT2D eigenvalue weighted by Gasteiger charge is -2.15. The van der Waals surface area contributed by atoms with Crippen LogP contribution in [-0.4, -0.2) is 12.6 Å². The smallest absolute Gasteiger partial charge is 0.127 e. The normalized spacial score (nSPS) is 14.9. The van der Waals surface area contributed by atoms with Crippen LogP contribution in [0.25, 0.3) is 0 Å². The van der Waals surface area contributed by atoms with Crippen LogP contribution < -0.4 is 10.1 Å². The average Bonchev–Trinajstić information content (AvgIpc) is 2.89. The Morgan fingerprint density at radius 3 is 2.95 bits per heavy atom. The molecule has 1 aliphatic heterocycles. The van der Waals surface area contributed by atoms with Crippen molar-refractivity contribution in [3.05, 3.63) is 27.7 Å². The predicted molar refractivity (Wildman–Crippen MR) is 88.4 cm³/mol. The second-order valence-electron chi connectivity index (χ2n) is 5.78. The van der Waals surface area contributed by atoms with Gasteiger partial charge < -0.3 is 10.1 Å². The Kier molecular flexibility index (Phi) is 6.37. The van der Waals surface area contributed by atoms with E-state index in [1.807, 2.05) is 0 Å². The summed E-state index contributed by atoms with van der Waals surface area (Å²) >= 11 is 3.60. The first-order valence-electron chi connectivity index (χ1n) is 7.88. The van der Waals surface area contributed by atoms with Crippen LogP contribution in [0.4, 0.5) is 0 Å². The third-order valence-corrected chi connectivity index (χ3v) is 4.41. The third-order valence-electron chi connectivity index (χ3n) is 3.96. The highest BCUT2D eigenvalue weighted by atomic mass is 79.9. The zero-order valence-electron chi connectivity index (χ0n) is 12.7. The van der Waals surface area contributed by atoms with Gasteiger partial charge in [0.15, 0.2) is 0 Å². The van der Waals surface area contributed by atoms with Crippen LogP contribution in [0.5, 0.6) is 5.75 Å². The maximum absolute atomic E-state index is 5.77. The summed E-state index contributed by atoms with van der Waals surface area (Å²) in [7, 11) is 0. The molecule has 1 atom stereocenters. The number of ether oxygens (including phenoxy) is 1. The molecule has 0 aliphatic carbocycles. The first kappa shape index (κ1) is 15.8. The summed E-state index contributed by atoms with van der Waals surface area (Å²) in [6, 6.07) is 4.93. The van der Waals surface area contributed by atoms with E-state index in [1.165, 1.54) is 43.2 Å². The molecule has 112 valence electrons. The van der Waals surface area contributed by atoms with Crippen molar-refractivity contribution in [1.82, 2.24) is 5.32 Å². The minimum Gasteiger partial charge on any atom is -0.493 e. The molecule has 1 unspecified atom stereocenters. The van der Waals surface area contributed by atoms with E-state index >= 15 is 0 Å². The van der Waals surface area contributed by atoms with Gasteiger partial charge in [-0.25, -0.2) is 0 Å². The number of benzene rings is 1. The van der Waals surface area contributed by atoms with Crippen molar-refractivity contribution in [3.8, 4) is 5.75 Å². The monoisotopic (exact) mass is 339 g/mol. The van der Waals surface area contributed by atoms with Crippen LogP contribution in [0.3, 0.4) is 0 Å². The Hall–Kier alpha value is -0.540. The molecule has 0 aromatic heterocycles. The lowest BCUT2D eigenvalue weighted by atomic mass is 10.1. The Balaban J connectivity index is 1.82. The summed E-state index contributed by atoms with van der Waals surface area (Å²) < 4.78 is 6.93. The molecule has 1 aromatic rings. The first-order chi connectivity index (χ1) is 9.70. The van der Waals surface area contributed by atoms with Gasteiger partial charge in [-0.2, -0.15) is 0 Å². The van der Waals surface area contributed by atoms with Crippen LogP contribution in [0, 0.1) is 0 Å². The van der Waals surface area contributed by atoms with Gasteiger partial charge in [0.1, 0.15) is 5.75 Å². The van der Waals surface area contributed by atoms with Crippen LogP contribution >= 0.6 is 15.9 Å². The molecule has 0 spiro atoms.